The molecule has 28 heavy (non-hydrogen) atoms. The second kappa shape index (κ2) is 9.70. The highest BCUT2D eigenvalue weighted by atomic mass is 35.7. The van der Waals surface area contributed by atoms with Gasteiger partial charge in [-0.15, -0.1) is 10.2 Å². The third-order valence-corrected chi connectivity index (χ3v) is 6.41. The van der Waals surface area contributed by atoms with Gasteiger partial charge >= 0.3 is 0 Å². The van der Waals surface area contributed by atoms with Crippen molar-refractivity contribution in [3.05, 3.63) is 96.6 Å². The highest BCUT2D eigenvalue weighted by Crippen LogP contribution is 2.29. The monoisotopic (exact) mass is 420 g/mol. The molecule has 0 saturated carbocycles. The van der Waals surface area contributed by atoms with Gasteiger partial charge in [-0.25, -0.2) is 18.6 Å². The molecule has 146 valence electrons. The van der Waals surface area contributed by atoms with Crippen molar-refractivity contribution in [2.24, 2.45) is 0 Å². The molecule has 0 N–H and O–H groups in total. The SMILES string of the molecule is O=C(C[S+](=O)(c1ccccc1)c1ccccc1)c1ccccc1.[O-][Cl+3]([O-])([O-])[O-]. The summed E-state index contributed by atoms with van der Waals surface area (Å²) in [4.78, 5) is 14.0. The Morgan fingerprint density at radius 2 is 1.00 bits per heavy atom. The van der Waals surface area contributed by atoms with E-state index in [9.17, 15) is 9.00 Å². The summed E-state index contributed by atoms with van der Waals surface area (Å²) in [5.41, 5.74) is 0.590. The highest BCUT2D eigenvalue weighted by Gasteiger charge is 2.37. The van der Waals surface area contributed by atoms with E-state index in [0.29, 0.717) is 15.4 Å². The van der Waals surface area contributed by atoms with Gasteiger partial charge in [0, 0.05) is 5.56 Å². The minimum Gasteiger partial charge on any atom is -0.289 e. The molecule has 0 spiro atoms. The standard InChI is InChI=1S/C20H17O2S.ClHO4/c21-20(17-10-4-1-5-11-17)16-23(22,18-12-6-2-7-13-18)19-14-8-3-9-15-19;2-1(3,4)5/h1-15H,16H2;(H,2,3,4,5)/q+1;/p-1. The number of carbonyl (C=O) groups excluding carboxylic acids is 1. The number of halogens is 1. The summed E-state index contributed by atoms with van der Waals surface area (Å²) in [7, 11) is -7.59. The first-order valence-corrected chi connectivity index (χ1v) is 11.0. The maximum Gasteiger partial charge on any atom is 0.212 e. The second-order valence-corrected chi connectivity index (χ2v) is 8.95. The predicted octanol–water partition coefficient (Wildman–Crippen LogP) is -0.269. The number of Topliss-reactive ketones (excluding diaryl/α,β-unsaturated/α-hetero) is 1. The molecule has 0 amide bonds. The number of carbonyl (C=O) groups is 1. The summed E-state index contributed by atoms with van der Waals surface area (Å²) >= 11 is 0. The minimum absolute atomic E-state index is 0.0228. The zero-order chi connectivity index (χ0) is 20.6. The van der Waals surface area contributed by atoms with Crippen LogP contribution in [0.15, 0.2) is 101 Å². The molecule has 8 heteroatoms. The van der Waals surface area contributed by atoms with Gasteiger partial charge in [0.05, 0.1) is 0 Å². The lowest BCUT2D eigenvalue weighted by molar-refractivity contribution is -2.00. The molecule has 0 aliphatic carbocycles. The Hall–Kier alpha value is -2.39. The van der Waals surface area contributed by atoms with Gasteiger partial charge < -0.3 is 0 Å². The maximum absolute atomic E-state index is 13.8. The third-order valence-electron chi connectivity index (χ3n) is 3.68. The van der Waals surface area contributed by atoms with Crippen molar-refractivity contribution in [1.29, 1.82) is 0 Å². The molecule has 0 unspecified atom stereocenters. The van der Waals surface area contributed by atoms with Crippen molar-refractivity contribution in [2.75, 3.05) is 5.75 Å². The topological polar surface area (TPSA) is 126 Å². The fraction of sp³-hybridized carbons (Fsp3) is 0.0500. The minimum atomic E-state index is -4.94. The summed E-state index contributed by atoms with van der Waals surface area (Å²) in [5, 5.41) is 0. The first-order chi connectivity index (χ1) is 13.2. The molecule has 0 heterocycles. The number of ketones is 1. The van der Waals surface area contributed by atoms with Crippen molar-refractivity contribution in [2.45, 2.75) is 9.79 Å². The van der Waals surface area contributed by atoms with Crippen LogP contribution in [-0.2, 0) is 14.1 Å². The lowest BCUT2D eigenvalue weighted by atomic mass is 10.2. The molecular formula is C20H17ClO6S. The fourth-order valence-electron chi connectivity index (χ4n) is 2.48. The van der Waals surface area contributed by atoms with Gasteiger partial charge in [0.15, 0.2) is 25.5 Å². The highest BCUT2D eigenvalue weighted by molar-refractivity contribution is 8.03. The summed E-state index contributed by atoms with van der Waals surface area (Å²) in [6.07, 6.45) is 0. The zero-order valence-corrected chi connectivity index (χ0v) is 16.2. The van der Waals surface area contributed by atoms with E-state index in [4.69, 9.17) is 18.6 Å². The smallest absolute Gasteiger partial charge is 0.212 e. The quantitative estimate of drug-likeness (QED) is 0.413. The first kappa shape index (κ1) is 21.9. The molecule has 6 nitrogen and oxygen atoms in total. The van der Waals surface area contributed by atoms with Crippen molar-refractivity contribution >= 4 is 15.7 Å². The van der Waals surface area contributed by atoms with Gasteiger partial charge in [0.2, 0.25) is 5.78 Å². The largest absolute Gasteiger partial charge is 0.289 e. The average Bonchev–Trinajstić information content (AvgIpc) is 2.68. The van der Waals surface area contributed by atoms with Crippen LogP contribution in [0.5, 0.6) is 0 Å². The Kier molecular flexibility index (Phi) is 7.59. The van der Waals surface area contributed by atoms with Crippen LogP contribution < -0.4 is 18.6 Å². The molecule has 0 atom stereocenters. The van der Waals surface area contributed by atoms with Crippen LogP contribution >= 0.6 is 0 Å². The summed E-state index contributed by atoms with van der Waals surface area (Å²) < 4.78 is 47.7. The van der Waals surface area contributed by atoms with Gasteiger partial charge in [0.25, 0.3) is 0 Å². The Labute approximate surface area is 165 Å². The summed E-state index contributed by atoms with van der Waals surface area (Å²) in [5.74, 6) is -0.131. The molecule has 0 aromatic heterocycles. The molecule has 0 radical (unpaired) electrons. The number of benzene rings is 3. The van der Waals surface area contributed by atoms with E-state index in [1.807, 2.05) is 78.9 Å². The van der Waals surface area contributed by atoms with Crippen LogP contribution in [0.2, 0.25) is 0 Å². The van der Waals surface area contributed by atoms with E-state index in [0.717, 1.165) is 0 Å². The predicted molar refractivity (Wildman–Crippen MR) is 93.1 cm³/mol. The normalized spacial score (nSPS) is 11.3. The molecule has 3 rings (SSSR count). The van der Waals surface area contributed by atoms with Crippen LogP contribution in [-0.4, -0.2) is 11.5 Å². The lowest BCUT2D eigenvalue weighted by Gasteiger charge is -2.17. The summed E-state index contributed by atoms with van der Waals surface area (Å²) in [6.45, 7) is 0. The van der Waals surface area contributed by atoms with E-state index in [1.165, 1.54) is 0 Å². The molecule has 0 fully saturated rings. The number of rotatable bonds is 5. The van der Waals surface area contributed by atoms with Gasteiger partial charge in [-0.3, -0.25) is 4.79 Å². The van der Waals surface area contributed by atoms with Gasteiger partial charge in [0.1, 0.15) is 0 Å². The molecule has 0 aliphatic rings. The Morgan fingerprint density at radius 1 is 0.679 bits per heavy atom. The van der Waals surface area contributed by atoms with Gasteiger partial charge in [-0.05, 0) is 24.3 Å². The third kappa shape index (κ3) is 6.65. The second-order valence-electron chi connectivity index (χ2n) is 5.61. The van der Waals surface area contributed by atoms with Crippen molar-refractivity contribution < 1.29 is 37.9 Å². The Morgan fingerprint density at radius 3 is 1.36 bits per heavy atom. The number of hydrogen-bond acceptors (Lipinski definition) is 6. The summed E-state index contributed by atoms with van der Waals surface area (Å²) in [6, 6.07) is 27.5. The Balaban J connectivity index is 0.000000500. The zero-order valence-electron chi connectivity index (χ0n) is 14.6. The molecular weight excluding hydrogens is 404 g/mol. The molecule has 0 bridgehead atoms. The van der Waals surface area contributed by atoms with Crippen LogP contribution in [0.3, 0.4) is 0 Å². The van der Waals surface area contributed by atoms with Crippen LogP contribution in [0.1, 0.15) is 10.4 Å². The van der Waals surface area contributed by atoms with Gasteiger partial charge in [-0.1, -0.05) is 70.9 Å². The average molecular weight is 421 g/mol. The maximum atomic E-state index is 13.8. The first-order valence-electron chi connectivity index (χ1n) is 8.02. The van der Waals surface area contributed by atoms with Crippen molar-refractivity contribution in [1.82, 2.24) is 0 Å². The lowest BCUT2D eigenvalue weighted by Crippen LogP contribution is -2.68. The van der Waals surface area contributed by atoms with E-state index < -0.39 is 20.2 Å². The molecule has 3 aromatic carbocycles. The Bertz CT molecular complexity index is 878. The number of hydrogen-bond donors (Lipinski definition) is 0. The van der Waals surface area contributed by atoms with Crippen LogP contribution in [0, 0.1) is 10.2 Å². The molecule has 3 aromatic rings. The molecule has 0 saturated heterocycles. The van der Waals surface area contributed by atoms with Crippen molar-refractivity contribution in [3.63, 3.8) is 0 Å². The van der Waals surface area contributed by atoms with E-state index in [2.05, 4.69) is 0 Å². The molecule has 0 aliphatic heterocycles. The van der Waals surface area contributed by atoms with Gasteiger partial charge in [-0.2, -0.15) is 0 Å². The van der Waals surface area contributed by atoms with Crippen LogP contribution in [0.25, 0.3) is 0 Å². The van der Waals surface area contributed by atoms with E-state index >= 15 is 0 Å². The fourth-order valence-corrected chi connectivity index (χ4v) is 4.81. The van der Waals surface area contributed by atoms with Crippen LogP contribution in [0.4, 0.5) is 0 Å². The van der Waals surface area contributed by atoms with E-state index in [1.54, 1.807) is 12.1 Å². The van der Waals surface area contributed by atoms with E-state index in [-0.39, 0.29) is 11.5 Å². The van der Waals surface area contributed by atoms with Crippen molar-refractivity contribution in [3.8, 4) is 0 Å².